The third kappa shape index (κ3) is 2.68. The maximum Gasteiger partial charge on any atom is 0.321 e. The molecule has 0 unspecified atom stereocenters. The third-order valence-corrected chi connectivity index (χ3v) is 4.36. The van der Waals surface area contributed by atoms with Gasteiger partial charge in [-0.1, -0.05) is 0 Å². The summed E-state index contributed by atoms with van der Waals surface area (Å²) in [6.07, 6.45) is 1.36. The van der Waals surface area contributed by atoms with Crippen LogP contribution in [0.15, 0.2) is 41.6 Å². The maximum atomic E-state index is 12.0. The molecule has 8 nitrogen and oxygen atoms in total. The largest absolute Gasteiger partial charge is 0.336 e. The fourth-order valence-electron chi connectivity index (χ4n) is 2.03. The monoisotopic (exact) mass is 307 g/mol. The van der Waals surface area contributed by atoms with Crippen molar-refractivity contribution in [1.29, 1.82) is 0 Å². The highest BCUT2D eigenvalue weighted by atomic mass is 32.2. The quantitative estimate of drug-likeness (QED) is 0.774. The van der Waals surface area contributed by atoms with Crippen molar-refractivity contribution >= 4 is 27.4 Å². The van der Waals surface area contributed by atoms with Crippen LogP contribution in [0.1, 0.15) is 0 Å². The summed E-state index contributed by atoms with van der Waals surface area (Å²) in [5, 5.41) is 8.70. The molecule has 1 aliphatic rings. The fourth-order valence-corrected chi connectivity index (χ4v) is 3.00. The van der Waals surface area contributed by atoms with Gasteiger partial charge in [-0.2, -0.15) is 13.5 Å². The fraction of sp³-hybridized carbons (Fsp3) is 0.167. The molecule has 1 aliphatic heterocycles. The lowest BCUT2D eigenvalue weighted by atomic mass is 10.2. The molecule has 1 saturated heterocycles. The van der Waals surface area contributed by atoms with Gasteiger partial charge in [0.2, 0.25) is 0 Å². The normalized spacial score (nSPS) is 15.0. The second-order valence-electron chi connectivity index (χ2n) is 4.46. The first-order valence-corrected chi connectivity index (χ1v) is 7.72. The van der Waals surface area contributed by atoms with Gasteiger partial charge in [0.05, 0.1) is 6.20 Å². The summed E-state index contributed by atoms with van der Waals surface area (Å²) in [5.41, 5.74) is 1.13. The molecule has 2 heterocycles. The van der Waals surface area contributed by atoms with Crippen LogP contribution in [-0.2, 0) is 10.0 Å². The summed E-state index contributed by atoms with van der Waals surface area (Å²) >= 11 is 0. The van der Waals surface area contributed by atoms with Crippen LogP contribution in [0.25, 0.3) is 0 Å². The molecule has 0 radical (unpaired) electrons. The molecule has 0 bridgehead atoms. The highest BCUT2D eigenvalue weighted by Gasteiger charge is 2.21. The topological polar surface area (TPSA) is 107 Å². The van der Waals surface area contributed by atoms with Gasteiger partial charge in [-0.3, -0.25) is 14.7 Å². The minimum Gasteiger partial charge on any atom is -0.336 e. The van der Waals surface area contributed by atoms with E-state index in [0.29, 0.717) is 18.8 Å². The Bertz CT molecular complexity index is 740. The number of nitrogens with one attached hydrogen (secondary N) is 3. The summed E-state index contributed by atoms with van der Waals surface area (Å²) in [7, 11) is -3.67. The number of hydrogen-bond donors (Lipinski definition) is 3. The Morgan fingerprint density at radius 1 is 1.19 bits per heavy atom. The van der Waals surface area contributed by atoms with Gasteiger partial charge in [-0.15, -0.1) is 0 Å². The van der Waals surface area contributed by atoms with Crippen LogP contribution in [0.4, 0.5) is 16.2 Å². The highest BCUT2D eigenvalue weighted by molar-refractivity contribution is 7.92. The molecule has 3 rings (SSSR count). The van der Waals surface area contributed by atoms with Crippen LogP contribution < -0.4 is 14.9 Å². The van der Waals surface area contributed by atoms with Gasteiger partial charge in [0.25, 0.3) is 10.0 Å². The zero-order chi connectivity index (χ0) is 14.9. The zero-order valence-electron chi connectivity index (χ0n) is 10.9. The second kappa shape index (κ2) is 5.09. The number of aromatic nitrogens is 2. The van der Waals surface area contributed by atoms with Gasteiger partial charge in [0, 0.05) is 24.5 Å². The molecular formula is C12H13N5O3S. The van der Waals surface area contributed by atoms with Gasteiger partial charge in [-0.25, -0.2) is 4.79 Å². The van der Waals surface area contributed by atoms with E-state index in [9.17, 15) is 13.2 Å². The van der Waals surface area contributed by atoms with Crippen molar-refractivity contribution in [2.45, 2.75) is 5.03 Å². The smallest absolute Gasteiger partial charge is 0.321 e. The van der Waals surface area contributed by atoms with Crippen molar-refractivity contribution in [3.8, 4) is 0 Å². The zero-order valence-corrected chi connectivity index (χ0v) is 11.7. The highest BCUT2D eigenvalue weighted by Crippen LogP contribution is 2.21. The number of aromatic amines is 1. The number of anilines is 2. The predicted molar refractivity (Wildman–Crippen MR) is 76.6 cm³/mol. The molecule has 2 amide bonds. The van der Waals surface area contributed by atoms with E-state index < -0.39 is 10.0 Å². The number of nitrogens with zero attached hydrogens (tertiary/aromatic N) is 2. The van der Waals surface area contributed by atoms with Gasteiger partial charge >= 0.3 is 6.03 Å². The van der Waals surface area contributed by atoms with Crippen LogP contribution in [0, 0.1) is 0 Å². The minimum atomic E-state index is -3.67. The number of amides is 2. The number of benzene rings is 1. The summed E-state index contributed by atoms with van der Waals surface area (Å²) in [4.78, 5) is 13.1. The van der Waals surface area contributed by atoms with E-state index in [4.69, 9.17) is 0 Å². The molecule has 0 spiro atoms. The molecule has 1 aromatic heterocycles. The first-order chi connectivity index (χ1) is 10.1. The lowest BCUT2D eigenvalue weighted by Gasteiger charge is -2.14. The van der Waals surface area contributed by atoms with Crippen molar-refractivity contribution in [2.24, 2.45) is 0 Å². The van der Waals surface area contributed by atoms with Crippen molar-refractivity contribution in [1.82, 2.24) is 15.5 Å². The minimum absolute atomic E-state index is 0.00880. The lowest BCUT2D eigenvalue weighted by Crippen LogP contribution is -2.27. The molecular weight excluding hydrogens is 294 g/mol. The van der Waals surface area contributed by atoms with Crippen LogP contribution >= 0.6 is 0 Å². The molecule has 2 aromatic rings. The second-order valence-corrected chi connectivity index (χ2v) is 6.11. The van der Waals surface area contributed by atoms with Crippen molar-refractivity contribution in [3.63, 3.8) is 0 Å². The molecule has 21 heavy (non-hydrogen) atoms. The Hall–Kier alpha value is -2.55. The van der Waals surface area contributed by atoms with E-state index in [1.165, 1.54) is 12.3 Å². The predicted octanol–water partition coefficient (Wildman–Crippen LogP) is 0.740. The SMILES string of the molecule is O=C1NCCN1c1ccc(NS(=O)(=O)c2ccn[nH]2)cc1. The Morgan fingerprint density at radius 2 is 1.95 bits per heavy atom. The van der Waals surface area contributed by atoms with E-state index in [-0.39, 0.29) is 11.1 Å². The molecule has 1 aromatic carbocycles. The number of carbonyl (C=O) groups excluding carboxylic acids is 1. The standard InChI is InChI=1S/C12H13N5O3S/c18-12-13-7-8-17(12)10-3-1-9(2-4-10)16-21(19,20)11-5-6-14-15-11/h1-6,16H,7-8H2,(H,13,18)(H,14,15). The van der Waals surface area contributed by atoms with Gasteiger partial charge < -0.3 is 5.32 Å². The number of sulfonamides is 1. The lowest BCUT2D eigenvalue weighted by molar-refractivity contribution is 0.252. The van der Waals surface area contributed by atoms with Crippen molar-refractivity contribution < 1.29 is 13.2 Å². The van der Waals surface area contributed by atoms with Crippen molar-refractivity contribution in [3.05, 3.63) is 36.5 Å². The summed E-state index contributed by atoms with van der Waals surface area (Å²) in [5.74, 6) is 0. The van der Waals surface area contributed by atoms with Gasteiger partial charge in [-0.05, 0) is 30.3 Å². The maximum absolute atomic E-state index is 12.0. The first-order valence-electron chi connectivity index (χ1n) is 6.24. The average Bonchev–Trinajstić information content (AvgIpc) is 3.10. The molecule has 3 N–H and O–H groups in total. The number of hydrogen-bond acceptors (Lipinski definition) is 4. The molecule has 9 heteroatoms. The van der Waals surface area contributed by atoms with Crippen LogP contribution in [-0.4, -0.2) is 37.7 Å². The molecule has 0 atom stereocenters. The third-order valence-electron chi connectivity index (χ3n) is 3.05. The molecule has 110 valence electrons. The van der Waals surface area contributed by atoms with E-state index in [0.717, 1.165) is 5.69 Å². The van der Waals surface area contributed by atoms with Gasteiger partial charge in [0.15, 0.2) is 5.03 Å². The van der Waals surface area contributed by atoms with Crippen LogP contribution in [0.3, 0.4) is 0 Å². The molecule has 1 fully saturated rings. The summed E-state index contributed by atoms with van der Waals surface area (Å²) in [6, 6.07) is 7.81. The first kappa shape index (κ1) is 13.4. The van der Waals surface area contributed by atoms with Gasteiger partial charge in [0.1, 0.15) is 0 Å². The van der Waals surface area contributed by atoms with E-state index in [2.05, 4.69) is 20.2 Å². The number of carbonyl (C=O) groups is 1. The Kier molecular flexibility index (Phi) is 3.26. The number of H-pyrrole nitrogens is 1. The average molecular weight is 307 g/mol. The summed E-state index contributed by atoms with van der Waals surface area (Å²) < 4.78 is 26.4. The number of urea groups is 1. The van der Waals surface area contributed by atoms with Crippen LogP contribution in [0.5, 0.6) is 0 Å². The Morgan fingerprint density at radius 3 is 2.52 bits per heavy atom. The number of rotatable bonds is 4. The Balaban J connectivity index is 1.77. The van der Waals surface area contributed by atoms with E-state index in [1.54, 1.807) is 29.2 Å². The Labute approximate surface area is 121 Å². The van der Waals surface area contributed by atoms with Crippen molar-refractivity contribution in [2.75, 3.05) is 22.7 Å². The summed E-state index contributed by atoms with van der Waals surface area (Å²) in [6.45, 7) is 1.20. The van der Waals surface area contributed by atoms with E-state index in [1.807, 2.05) is 0 Å². The molecule has 0 aliphatic carbocycles. The van der Waals surface area contributed by atoms with Crippen LogP contribution in [0.2, 0.25) is 0 Å². The molecule has 0 saturated carbocycles. The van der Waals surface area contributed by atoms with E-state index >= 15 is 0 Å².